The predicted octanol–water partition coefficient (Wildman–Crippen LogP) is 1.13. The van der Waals surface area contributed by atoms with Crippen molar-refractivity contribution in [2.45, 2.75) is 12.8 Å². The maximum Gasteiger partial charge on any atom is 0.0680 e. The van der Waals surface area contributed by atoms with Crippen LogP contribution in [0.1, 0.15) is 12.8 Å². The SMILES string of the molecule is C1CSC(CC2CCNC2)=N1. The summed E-state index contributed by atoms with van der Waals surface area (Å²) < 4.78 is 0. The molecule has 1 fully saturated rings. The molecule has 1 atom stereocenters. The van der Waals surface area contributed by atoms with E-state index in [0.29, 0.717) is 0 Å². The van der Waals surface area contributed by atoms with Crippen molar-refractivity contribution in [1.29, 1.82) is 0 Å². The molecule has 0 bridgehead atoms. The summed E-state index contributed by atoms with van der Waals surface area (Å²) in [4.78, 5) is 4.45. The van der Waals surface area contributed by atoms with Gasteiger partial charge >= 0.3 is 0 Å². The Morgan fingerprint density at radius 1 is 1.64 bits per heavy atom. The monoisotopic (exact) mass is 170 g/mol. The normalized spacial score (nSPS) is 30.9. The van der Waals surface area contributed by atoms with Crippen LogP contribution in [0, 0.1) is 5.92 Å². The lowest BCUT2D eigenvalue weighted by Crippen LogP contribution is -2.10. The Labute approximate surface area is 71.9 Å². The lowest BCUT2D eigenvalue weighted by atomic mass is 10.1. The second-order valence-corrected chi connectivity index (χ2v) is 4.36. The van der Waals surface area contributed by atoms with Crippen molar-refractivity contribution in [2.24, 2.45) is 10.9 Å². The van der Waals surface area contributed by atoms with Crippen molar-refractivity contribution in [1.82, 2.24) is 5.32 Å². The highest BCUT2D eigenvalue weighted by molar-refractivity contribution is 8.14. The molecule has 0 aromatic rings. The largest absolute Gasteiger partial charge is 0.316 e. The second kappa shape index (κ2) is 3.59. The third-order valence-corrected chi connectivity index (χ3v) is 3.29. The molecule has 2 nitrogen and oxygen atoms in total. The zero-order valence-corrected chi connectivity index (χ0v) is 7.49. The summed E-state index contributed by atoms with van der Waals surface area (Å²) in [5.74, 6) is 2.09. The first-order valence-electron chi connectivity index (χ1n) is 4.32. The predicted molar refractivity (Wildman–Crippen MR) is 50.4 cm³/mol. The van der Waals surface area contributed by atoms with Gasteiger partial charge in [0.2, 0.25) is 0 Å². The second-order valence-electron chi connectivity index (χ2n) is 3.19. The van der Waals surface area contributed by atoms with Crippen molar-refractivity contribution in [3.05, 3.63) is 0 Å². The van der Waals surface area contributed by atoms with Gasteiger partial charge in [0.15, 0.2) is 0 Å². The molecule has 1 unspecified atom stereocenters. The molecule has 11 heavy (non-hydrogen) atoms. The first-order chi connectivity index (χ1) is 5.45. The third-order valence-electron chi connectivity index (χ3n) is 2.27. The van der Waals surface area contributed by atoms with E-state index < -0.39 is 0 Å². The van der Waals surface area contributed by atoms with Crippen LogP contribution >= 0.6 is 11.8 Å². The number of rotatable bonds is 2. The minimum atomic E-state index is 0.874. The maximum absolute atomic E-state index is 4.45. The van der Waals surface area contributed by atoms with Crippen LogP contribution in [0.3, 0.4) is 0 Å². The Morgan fingerprint density at radius 3 is 3.27 bits per heavy atom. The molecule has 0 aromatic carbocycles. The summed E-state index contributed by atoms with van der Waals surface area (Å²) in [6, 6.07) is 0. The van der Waals surface area contributed by atoms with Crippen molar-refractivity contribution in [2.75, 3.05) is 25.4 Å². The van der Waals surface area contributed by atoms with Crippen LogP contribution in [-0.2, 0) is 0 Å². The van der Waals surface area contributed by atoms with Crippen LogP contribution in [-0.4, -0.2) is 30.4 Å². The quantitative estimate of drug-likeness (QED) is 0.672. The molecule has 3 heteroatoms. The molecule has 2 heterocycles. The Kier molecular flexibility index (Phi) is 2.48. The molecule has 62 valence electrons. The number of aliphatic imine (C=N–C) groups is 1. The van der Waals surface area contributed by atoms with Crippen LogP contribution in [0.15, 0.2) is 4.99 Å². The minimum Gasteiger partial charge on any atom is -0.316 e. The van der Waals surface area contributed by atoms with Gasteiger partial charge in [-0.3, -0.25) is 4.99 Å². The summed E-state index contributed by atoms with van der Waals surface area (Å²) in [6.45, 7) is 3.47. The third kappa shape index (κ3) is 1.97. The molecule has 2 rings (SSSR count). The molecule has 0 amide bonds. The molecule has 2 aliphatic heterocycles. The number of nitrogens with one attached hydrogen (secondary N) is 1. The van der Waals surface area contributed by atoms with E-state index in [1.54, 1.807) is 0 Å². The van der Waals surface area contributed by atoms with Gasteiger partial charge < -0.3 is 5.32 Å². The van der Waals surface area contributed by atoms with Gasteiger partial charge in [0.1, 0.15) is 0 Å². The van der Waals surface area contributed by atoms with Gasteiger partial charge in [-0.25, -0.2) is 0 Å². The number of hydrogen-bond donors (Lipinski definition) is 1. The average Bonchev–Trinajstić information content (AvgIpc) is 2.60. The van der Waals surface area contributed by atoms with Crippen molar-refractivity contribution >= 4 is 16.8 Å². The summed E-state index contributed by atoms with van der Waals surface area (Å²) in [5, 5.41) is 4.78. The number of hydrogen-bond acceptors (Lipinski definition) is 3. The summed E-state index contributed by atoms with van der Waals surface area (Å²) in [5.41, 5.74) is 0. The molecule has 0 radical (unpaired) electrons. The standard InChI is InChI=1S/C8H14N2S/c1-2-9-6-7(1)5-8-10-3-4-11-8/h7,9H,1-6H2. The Bertz CT molecular complexity index is 161. The lowest BCUT2D eigenvalue weighted by Gasteiger charge is -2.05. The van der Waals surface area contributed by atoms with Crippen LogP contribution in [0.5, 0.6) is 0 Å². The summed E-state index contributed by atoms with van der Waals surface area (Å²) in [6.07, 6.45) is 2.58. The van der Waals surface area contributed by atoms with Crippen molar-refractivity contribution < 1.29 is 0 Å². The zero-order chi connectivity index (χ0) is 7.52. The molecule has 0 aromatic heterocycles. The highest BCUT2D eigenvalue weighted by Crippen LogP contribution is 2.21. The lowest BCUT2D eigenvalue weighted by molar-refractivity contribution is 0.612. The molecule has 0 saturated carbocycles. The van der Waals surface area contributed by atoms with Crippen LogP contribution < -0.4 is 5.32 Å². The van der Waals surface area contributed by atoms with Gasteiger partial charge in [-0.15, -0.1) is 11.8 Å². The van der Waals surface area contributed by atoms with Crippen LogP contribution in [0.25, 0.3) is 0 Å². The van der Waals surface area contributed by atoms with Crippen molar-refractivity contribution in [3.8, 4) is 0 Å². The Hall–Kier alpha value is -0.0200. The molecule has 2 aliphatic rings. The van der Waals surface area contributed by atoms with E-state index in [1.807, 2.05) is 11.8 Å². The van der Waals surface area contributed by atoms with E-state index in [-0.39, 0.29) is 0 Å². The fourth-order valence-electron chi connectivity index (χ4n) is 1.64. The highest BCUT2D eigenvalue weighted by Gasteiger charge is 2.18. The van der Waals surface area contributed by atoms with E-state index in [0.717, 1.165) is 12.5 Å². The van der Waals surface area contributed by atoms with Gasteiger partial charge in [0, 0.05) is 12.3 Å². The Balaban J connectivity index is 1.79. The Morgan fingerprint density at radius 2 is 2.64 bits per heavy atom. The van der Waals surface area contributed by atoms with E-state index in [9.17, 15) is 0 Å². The average molecular weight is 170 g/mol. The smallest absolute Gasteiger partial charge is 0.0680 e. The molecule has 1 saturated heterocycles. The first kappa shape index (κ1) is 7.62. The number of thioether (sulfide) groups is 1. The minimum absolute atomic E-state index is 0.874. The fourth-order valence-corrected chi connectivity index (χ4v) is 2.59. The highest BCUT2D eigenvalue weighted by atomic mass is 32.2. The van der Waals surface area contributed by atoms with Gasteiger partial charge in [0.05, 0.1) is 5.04 Å². The molecule has 0 aliphatic carbocycles. The van der Waals surface area contributed by atoms with Crippen LogP contribution in [0.2, 0.25) is 0 Å². The van der Waals surface area contributed by atoms with E-state index in [2.05, 4.69) is 10.3 Å². The van der Waals surface area contributed by atoms with Gasteiger partial charge in [-0.1, -0.05) is 0 Å². The number of nitrogens with zero attached hydrogens (tertiary/aromatic N) is 1. The van der Waals surface area contributed by atoms with E-state index in [1.165, 1.54) is 36.7 Å². The molecular formula is C8H14N2S. The topological polar surface area (TPSA) is 24.4 Å². The van der Waals surface area contributed by atoms with Gasteiger partial charge in [0.25, 0.3) is 0 Å². The van der Waals surface area contributed by atoms with Crippen LogP contribution in [0.4, 0.5) is 0 Å². The van der Waals surface area contributed by atoms with E-state index in [4.69, 9.17) is 0 Å². The van der Waals surface area contributed by atoms with Gasteiger partial charge in [-0.2, -0.15) is 0 Å². The van der Waals surface area contributed by atoms with Gasteiger partial charge in [-0.05, 0) is 31.8 Å². The van der Waals surface area contributed by atoms with Crippen molar-refractivity contribution in [3.63, 3.8) is 0 Å². The summed E-state index contributed by atoms with van der Waals surface area (Å²) >= 11 is 1.95. The molecule has 0 spiro atoms. The molecule has 1 N–H and O–H groups in total. The first-order valence-corrected chi connectivity index (χ1v) is 5.30. The molecular weight excluding hydrogens is 156 g/mol. The maximum atomic E-state index is 4.45. The van der Waals surface area contributed by atoms with E-state index >= 15 is 0 Å². The zero-order valence-electron chi connectivity index (χ0n) is 6.68. The summed E-state index contributed by atoms with van der Waals surface area (Å²) in [7, 11) is 0. The fraction of sp³-hybridized carbons (Fsp3) is 0.875.